The Morgan fingerprint density at radius 1 is 1.50 bits per heavy atom. The van der Waals surface area contributed by atoms with Crippen molar-refractivity contribution >= 4 is 22.4 Å². The van der Waals surface area contributed by atoms with Crippen molar-refractivity contribution in [3.05, 3.63) is 29.8 Å². The summed E-state index contributed by atoms with van der Waals surface area (Å²) in [4.78, 5) is 20.0. The first-order valence-corrected chi connectivity index (χ1v) is 6.45. The second-order valence-corrected chi connectivity index (χ2v) is 4.84. The van der Waals surface area contributed by atoms with Crippen LogP contribution in [0.2, 0.25) is 0 Å². The Labute approximate surface area is 109 Å². The second kappa shape index (κ2) is 5.70. The number of nitrogens with one attached hydrogen (secondary N) is 1. The molecule has 2 aromatic heterocycles. The lowest BCUT2D eigenvalue weighted by Crippen LogP contribution is -2.23. The van der Waals surface area contributed by atoms with Gasteiger partial charge in [0.25, 0.3) is 0 Å². The van der Waals surface area contributed by atoms with Crippen molar-refractivity contribution in [2.75, 3.05) is 5.32 Å². The Balaban J connectivity index is 2.05. The average Bonchev–Trinajstić information content (AvgIpc) is 2.77. The van der Waals surface area contributed by atoms with Crippen molar-refractivity contribution in [2.24, 2.45) is 5.73 Å². The van der Waals surface area contributed by atoms with Crippen LogP contribution < -0.4 is 11.1 Å². The minimum atomic E-state index is -0.153. The third-order valence-electron chi connectivity index (χ3n) is 2.19. The van der Waals surface area contributed by atoms with Gasteiger partial charge in [0.05, 0.1) is 5.69 Å². The zero-order chi connectivity index (χ0) is 13.0. The highest BCUT2D eigenvalue weighted by Gasteiger charge is 2.09. The van der Waals surface area contributed by atoms with Crippen LogP contribution in [0.1, 0.15) is 13.3 Å². The van der Waals surface area contributed by atoms with Gasteiger partial charge in [-0.3, -0.25) is 9.78 Å². The van der Waals surface area contributed by atoms with E-state index in [4.69, 9.17) is 5.73 Å². The standard InChI is InChI=1S/C12H14N4OS/c1-8(13)6-11(17)16-12-15-10(7-18-12)9-4-2-3-5-14-9/h2-5,7-8H,6,13H2,1H3,(H,15,16,17). The van der Waals surface area contributed by atoms with Crippen LogP contribution in [0.25, 0.3) is 11.4 Å². The number of amides is 1. The molecule has 2 aromatic rings. The molecule has 2 heterocycles. The number of hydrogen-bond donors (Lipinski definition) is 2. The number of hydrogen-bond acceptors (Lipinski definition) is 5. The Morgan fingerprint density at radius 3 is 3.00 bits per heavy atom. The summed E-state index contributed by atoms with van der Waals surface area (Å²) in [7, 11) is 0. The van der Waals surface area contributed by atoms with E-state index in [1.165, 1.54) is 11.3 Å². The largest absolute Gasteiger partial charge is 0.327 e. The van der Waals surface area contributed by atoms with E-state index in [9.17, 15) is 4.79 Å². The van der Waals surface area contributed by atoms with E-state index in [2.05, 4.69) is 15.3 Å². The fraction of sp³-hybridized carbons (Fsp3) is 0.250. The molecule has 3 N–H and O–H groups in total. The molecule has 0 aliphatic rings. The van der Waals surface area contributed by atoms with Crippen LogP contribution in [-0.4, -0.2) is 21.9 Å². The topological polar surface area (TPSA) is 80.9 Å². The molecule has 18 heavy (non-hydrogen) atoms. The van der Waals surface area contributed by atoms with E-state index in [1.54, 1.807) is 13.1 Å². The fourth-order valence-electron chi connectivity index (χ4n) is 1.43. The molecule has 0 aromatic carbocycles. The SMILES string of the molecule is CC(N)CC(=O)Nc1nc(-c2ccccn2)cs1. The first-order valence-electron chi connectivity index (χ1n) is 5.57. The summed E-state index contributed by atoms with van der Waals surface area (Å²) in [5.41, 5.74) is 7.11. The van der Waals surface area contributed by atoms with Gasteiger partial charge in [-0.25, -0.2) is 4.98 Å². The molecular weight excluding hydrogens is 248 g/mol. The Morgan fingerprint density at radius 2 is 2.33 bits per heavy atom. The van der Waals surface area contributed by atoms with Crippen molar-refractivity contribution in [3.8, 4) is 11.4 Å². The van der Waals surface area contributed by atoms with E-state index in [-0.39, 0.29) is 11.9 Å². The molecule has 0 fully saturated rings. The molecule has 0 radical (unpaired) electrons. The average molecular weight is 262 g/mol. The molecular formula is C12H14N4OS. The maximum atomic E-state index is 11.5. The van der Waals surface area contributed by atoms with Gasteiger partial charge in [-0.05, 0) is 19.1 Å². The summed E-state index contributed by atoms with van der Waals surface area (Å²) < 4.78 is 0. The van der Waals surface area contributed by atoms with Gasteiger partial charge >= 0.3 is 0 Å². The number of anilines is 1. The second-order valence-electron chi connectivity index (χ2n) is 3.98. The van der Waals surface area contributed by atoms with Crippen molar-refractivity contribution in [1.82, 2.24) is 9.97 Å². The molecule has 2 rings (SSSR count). The van der Waals surface area contributed by atoms with Gasteiger partial charge in [-0.2, -0.15) is 0 Å². The van der Waals surface area contributed by atoms with Gasteiger partial charge in [0.15, 0.2) is 5.13 Å². The molecule has 94 valence electrons. The third kappa shape index (κ3) is 3.35. The van der Waals surface area contributed by atoms with Crippen molar-refractivity contribution < 1.29 is 4.79 Å². The summed E-state index contributed by atoms with van der Waals surface area (Å²) in [6.45, 7) is 1.79. The fourth-order valence-corrected chi connectivity index (χ4v) is 2.15. The van der Waals surface area contributed by atoms with Gasteiger partial charge in [0.1, 0.15) is 5.69 Å². The summed E-state index contributed by atoms with van der Waals surface area (Å²) in [5, 5.41) is 5.16. The molecule has 6 heteroatoms. The molecule has 1 unspecified atom stereocenters. The van der Waals surface area contributed by atoms with E-state index in [0.717, 1.165) is 11.4 Å². The number of nitrogens with two attached hydrogens (primary N) is 1. The Bertz CT molecular complexity index is 524. The number of carbonyl (C=O) groups excluding carboxylic acids is 1. The smallest absolute Gasteiger partial charge is 0.227 e. The Kier molecular flexibility index (Phi) is 4.01. The third-order valence-corrected chi connectivity index (χ3v) is 2.94. The van der Waals surface area contributed by atoms with Crippen molar-refractivity contribution in [3.63, 3.8) is 0 Å². The molecule has 0 aliphatic heterocycles. The lowest BCUT2D eigenvalue weighted by atomic mass is 10.2. The molecule has 0 bridgehead atoms. The summed E-state index contributed by atoms with van der Waals surface area (Å²) in [6, 6.07) is 5.47. The minimum Gasteiger partial charge on any atom is -0.327 e. The van der Waals surface area contributed by atoms with E-state index < -0.39 is 0 Å². The van der Waals surface area contributed by atoms with Crippen LogP contribution in [0, 0.1) is 0 Å². The van der Waals surface area contributed by atoms with E-state index in [1.807, 2.05) is 23.6 Å². The van der Waals surface area contributed by atoms with Crippen LogP contribution in [0.5, 0.6) is 0 Å². The minimum absolute atomic E-state index is 0.119. The van der Waals surface area contributed by atoms with E-state index in [0.29, 0.717) is 11.6 Å². The molecule has 1 atom stereocenters. The predicted molar refractivity (Wildman–Crippen MR) is 72.2 cm³/mol. The number of rotatable bonds is 4. The number of pyridine rings is 1. The number of thiazole rings is 1. The van der Waals surface area contributed by atoms with Crippen LogP contribution in [0.4, 0.5) is 5.13 Å². The quantitative estimate of drug-likeness (QED) is 0.881. The molecule has 0 aliphatic carbocycles. The highest BCUT2D eigenvalue weighted by atomic mass is 32.1. The Hall–Kier alpha value is -1.79. The molecule has 0 spiro atoms. The summed E-state index contributed by atoms with van der Waals surface area (Å²) in [5.74, 6) is -0.119. The summed E-state index contributed by atoms with van der Waals surface area (Å²) in [6.07, 6.45) is 2.00. The molecule has 0 saturated carbocycles. The summed E-state index contributed by atoms with van der Waals surface area (Å²) >= 11 is 1.38. The van der Waals surface area contributed by atoms with Gasteiger partial charge in [-0.1, -0.05) is 6.07 Å². The van der Waals surface area contributed by atoms with Crippen LogP contribution >= 0.6 is 11.3 Å². The van der Waals surface area contributed by atoms with Gasteiger partial charge < -0.3 is 11.1 Å². The highest BCUT2D eigenvalue weighted by Crippen LogP contribution is 2.23. The molecule has 5 nitrogen and oxygen atoms in total. The molecule has 1 amide bonds. The number of carbonyl (C=O) groups is 1. The van der Waals surface area contributed by atoms with Crippen molar-refractivity contribution in [1.29, 1.82) is 0 Å². The van der Waals surface area contributed by atoms with Crippen LogP contribution in [-0.2, 0) is 4.79 Å². The van der Waals surface area contributed by atoms with Crippen LogP contribution in [0.3, 0.4) is 0 Å². The first-order chi connectivity index (χ1) is 8.65. The van der Waals surface area contributed by atoms with Crippen molar-refractivity contribution in [2.45, 2.75) is 19.4 Å². The number of aromatic nitrogens is 2. The van der Waals surface area contributed by atoms with Gasteiger partial charge in [0, 0.05) is 24.0 Å². The first kappa shape index (κ1) is 12.7. The van der Waals surface area contributed by atoms with Crippen LogP contribution in [0.15, 0.2) is 29.8 Å². The predicted octanol–water partition coefficient (Wildman–Crippen LogP) is 1.88. The zero-order valence-corrected chi connectivity index (χ0v) is 10.8. The number of nitrogens with zero attached hydrogens (tertiary/aromatic N) is 2. The monoisotopic (exact) mass is 262 g/mol. The maximum absolute atomic E-state index is 11.5. The van der Waals surface area contributed by atoms with Gasteiger partial charge in [0.2, 0.25) is 5.91 Å². The lowest BCUT2D eigenvalue weighted by Gasteiger charge is -2.03. The zero-order valence-electron chi connectivity index (χ0n) is 9.96. The molecule has 0 saturated heterocycles. The normalized spacial score (nSPS) is 12.1. The lowest BCUT2D eigenvalue weighted by molar-refractivity contribution is -0.116. The highest BCUT2D eigenvalue weighted by molar-refractivity contribution is 7.14. The van der Waals surface area contributed by atoms with Gasteiger partial charge in [-0.15, -0.1) is 11.3 Å². The maximum Gasteiger partial charge on any atom is 0.227 e. The van der Waals surface area contributed by atoms with E-state index >= 15 is 0 Å².